The maximum absolute atomic E-state index is 9.93. The first-order valence-electron chi connectivity index (χ1n) is 28.2. The summed E-state index contributed by atoms with van der Waals surface area (Å²) in [5.74, 6) is 3.58. The maximum Gasteiger partial charge on any atom is 0.212 e. The number of ether oxygens (including phenoxy) is 2. The summed E-state index contributed by atoms with van der Waals surface area (Å²) in [6.07, 6.45) is 22.4. The van der Waals surface area contributed by atoms with Crippen LogP contribution in [0.2, 0.25) is 0 Å². The molecule has 2 bridgehead atoms. The van der Waals surface area contributed by atoms with Crippen LogP contribution in [0.3, 0.4) is 0 Å². The Labute approximate surface area is 484 Å². The Morgan fingerprint density at radius 3 is 1.62 bits per heavy atom. The fourth-order valence-corrected chi connectivity index (χ4v) is 12.1. The highest BCUT2D eigenvalue weighted by Crippen LogP contribution is 2.39. The predicted octanol–water partition coefficient (Wildman–Crippen LogP) is 6.48. The Kier molecular flexibility index (Phi) is 14.5. The lowest BCUT2D eigenvalue weighted by Gasteiger charge is -2.56. The monoisotopic (exact) mass is 1120 g/mol. The second kappa shape index (κ2) is 22.8. The number of piperidine rings is 2. The third-order valence-corrected chi connectivity index (χ3v) is 16.7. The molecule has 5 fully saturated rings. The number of methoxy groups -OCH3 is 2. The van der Waals surface area contributed by atoms with Gasteiger partial charge < -0.3 is 36.1 Å². The normalized spacial score (nSPS) is 17.3. The number of nitrogens with two attached hydrogens (primary N) is 2. The molecule has 5 aliphatic rings. The van der Waals surface area contributed by atoms with E-state index in [1.165, 1.54) is 17.5 Å². The van der Waals surface area contributed by atoms with E-state index in [1.54, 1.807) is 34.1 Å². The summed E-state index contributed by atoms with van der Waals surface area (Å²) >= 11 is 0. The van der Waals surface area contributed by atoms with Crippen molar-refractivity contribution in [2.24, 2.45) is 7.05 Å². The molecule has 0 amide bonds. The van der Waals surface area contributed by atoms with E-state index in [1.807, 2.05) is 74.8 Å². The van der Waals surface area contributed by atoms with Gasteiger partial charge in [0.2, 0.25) is 11.8 Å². The van der Waals surface area contributed by atoms with Crippen LogP contribution in [0.25, 0.3) is 55.5 Å². The zero-order chi connectivity index (χ0) is 57.4. The Bertz CT molecular complexity index is 4050. The summed E-state index contributed by atoms with van der Waals surface area (Å²) < 4.78 is 17.6. The Balaban J connectivity index is 0.000000157. The van der Waals surface area contributed by atoms with Crippen LogP contribution in [0.15, 0.2) is 123 Å². The van der Waals surface area contributed by atoms with Crippen LogP contribution in [0, 0.1) is 22.7 Å². The van der Waals surface area contributed by atoms with Crippen molar-refractivity contribution in [1.82, 2.24) is 73.8 Å². The number of rotatable bonds is 13. The smallest absolute Gasteiger partial charge is 0.212 e. The molecule has 10 aromatic rings. The molecule has 0 aromatic carbocycles. The molecule has 0 aliphatic carbocycles. The van der Waals surface area contributed by atoms with Crippen molar-refractivity contribution < 1.29 is 9.47 Å². The van der Waals surface area contributed by atoms with Gasteiger partial charge in [-0.1, -0.05) is 12.1 Å². The number of fused-ring (bicyclic) bond motifs is 4. The average molecular weight is 1120 g/mol. The second-order valence-electron chi connectivity index (χ2n) is 21.8. The van der Waals surface area contributed by atoms with Gasteiger partial charge in [-0.2, -0.15) is 20.7 Å². The summed E-state index contributed by atoms with van der Waals surface area (Å²) in [5, 5.41) is 41.0. The molecule has 15 heterocycles. The molecule has 15 rings (SSSR count). The number of anilines is 4. The maximum atomic E-state index is 9.93. The zero-order valence-corrected chi connectivity index (χ0v) is 47.0. The third-order valence-electron chi connectivity index (χ3n) is 16.7. The van der Waals surface area contributed by atoms with Crippen molar-refractivity contribution in [2.45, 2.75) is 50.5 Å². The molecule has 23 nitrogen and oxygen atoms in total. The molecule has 0 saturated carbocycles. The number of piperazine rings is 2. The van der Waals surface area contributed by atoms with Gasteiger partial charge in [0.15, 0.2) is 11.6 Å². The highest BCUT2D eigenvalue weighted by molar-refractivity contribution is 5.91. The van der Waals surface area contributed by atoms with Gasteiger partial charge in [-0.15, -0.1) is 10.2 Å². The summed E-state index contributed by atoms with van der Waals surface area (Å²) in [6, 6.07) is 26.2. The minimum absolute atomic E-state index is 0.208. The number of aromatic nitrogens is 12. The van der Waals surface area contributed by atoms with Gasteiger partial charge >= 0.3 is 0 Å². The molecule has 2 atom stereocenters. The van der Waals surface area contributed by atoms with Gasteiger partial charge in [0.1, 0.15) is 34.9 Å². The Morgan fingerprint density at radius 1 is 0.571 bits per heavy atom. The minimum Gasteiger partial charge on any atom is -0.481 e. The largest absolute Gasteiger partial charge is 0.481 e. The summed E-state index contributed by atoms with van der Waals surface area (Å²) in [5.41, 5.74) is 24.1. The molecule has 0 radical (unpaired) electrons. The highest BCUT2D eigenvalue weighted by atomic mass is 16.5. The quantitative estimate of drug-likeness (QED) is 0.111. The lowest BCUT2D eigenvalue weighted by molar-refractivity contribution is -0.00876. The van der Waals surface area contributed by atoms with Crippen LogP contribution in [0.4, 0.5) is 23.3 Å². The lowest BCUT2D eigenvalue weighted by atomic mass is 9.87. The van der Waals surface area contributed by atoms with Crippen molar-refractivity contribution in [1.29, 1.82) is 10.5 Å². The van der Waals surface area contributed by atoms with Crippen molar-refractivity contribution in [3.05, 3.63) is 145 Å². The fourth-order valence-electron chi connectivity index (χ4n) is 12.1. The van der Waals surface area contributed by atoms with Crippen molar-refractivity contribution in [2.75, 3.05) is 87.8 Å². The van der Waals surface area contributed by atoms with Crippen LogP contribution in [-0.2, 0) is 20.1 Å². The summed E-state index contributed by atoms with van der Waals surface area (Å²) in [6.45, 7) is 9.26. The number of nitrogen functional groups attached to an aromatic ring is 2. The first-order chi connectivity index (χ1) is 41.1. The molecule has 2 unspecified atom stereocenters. The summed E-state index contributed by atoms with van der Waals surface area (Å²) in [7, 11) is 5.14. The molecule has 5 aliphatic heterocycles. The van der Waals surface area contributed by atoms with E-state index in [9.17, 15) is 10.5 Å². The van der Waals surface area contributed by atoms with Crippen molar-refractivity contribution in [3.63, 3.8) is 0 Å². The molecule has 23 heteroatoms. The van der Waals surface area contributed by atoms with Crippen LogP contribution in [-0.4, -0.2) is 147 Å². The molecule has 0 spiro atoms. The van der Waals surface area contributed by atoms with Gasteiger partial charge in [-0.3, -0.25) is 19.2 Å². The first-order valence-corrected chi connectivity index (χ1v) is 28.2. The van der Waals surface area contributed by atoms with Gasteiger partial charge in [-0.25, -0.2) is 29.0 Å². The number of nitrogens with zero attached hydrogens (tertiary/aromatic N) is 18. The topological polar surface area (TPSA) is 265 Å². The van der Waals surface area contributed by atoms with E-state index in [0.29, 0.717) is 52.0 Å². The van der Waals surface area contributed by atoms with Crippen molar-refractivity contribution >= 4 is 34.3 Å². The lowest BCUT2D eigenvalue weighted by Crippen LogP contribution is -2.68. The molecule has 5 N–H and O–H groups in total. The van der Waals surface area contributed by atoms with Crippen LogP contribution in [0.5, 0.6) is 11.8 Å². The number of pyridine rings is 6. The predicted molar refractivity (Wildman–Crippen MR) is 319 cm³/mol. The number of nitrogens with one attached hydrogen (secondary N) is 1. The van der Waals surface area contributed by atoms with Crippen molar-refractivity contribution in [3.8, 4) is 68.4 Å². The number of aryl methyl sites for hydroxylation is 1. The minimum atomic E-state index is 0.208. The Morgan fingerprint density at radius 2 is 1.12 bits per heavy atom. The molecule has 424 valence electrons. The van der Waals surface area contributed by atoms with Gasteiger partial charge in [0, 0.05) is 178 Å². The van der Waals surface area contributed by atoms with Crippen LogP contribution in [0.1, 0.15) is 47.6 Å². The van der Waals surface area contributed by atoms with Gasteiger partial charge in [-0.05, 0) is 79.9 Å². The third kappa shape index (κ3) is 10.5. The van der Waals surface area contributed by atoms with Crippen LogP contribution < -0.4 is 36.1 Å². The fraction of sp³-hybridized carbons (Fsp3) is 0.311. The van der Waals surface area contributed by atoms with Gasteiger partial charge in [0.25, 0.3) is 0 Å². The van der Waals surface area contributed by atoms with E-state index in [4.69, 9.17) is 30.9 Å². The van der Waals surface area contributed by atoms with E-state index in [2.05, 4.69) is 121 Å². The molecular weight excluding hydrogens is 1060 g/mol. The van der Waals surface area contributed by atoms with E-state index >= 15 is 0 Å². The average Bonchev–Trinajstić information content (AvgIpc) is 4.24. The van der Waals surface area contributed by atoms with E-state index < -0.39 is 0 Å². The van der Waals surface area contributed by atoms with Gasteiger partial charge in [0.05, 0.1) is 43.7 Å². The SMILES string of the molecule is COc1ccc(CN2C3CC2CN(c2ccc(-c4cc(-c5cnn(C)c5)cn5nc(N)c(C#N)c45)cn2)C3)cn1.COc1ccc(CN2CCN(c3ccc(-c4cc(-c5cnn(C6CCNCC6)c5)cn5nc(N)c(C#N)c45)cn3)CC2)cn1. The highest BCUT2D eigenvalue weighted by Gasteiger charge is 2.44. The molecule has 5 saturated heterocycles. The first kappa shape index (κ1) is 53.4. The summed E-state index contributed by atoms with van der Waals surface area (Å²) in [4.78, 5) is 28.1. The standard InChI is InChI=1S/C32H35N11O.C29H28N10O/c1-44-30-5-2-22(16-37-30)19-40-10-12-41(13-11-40)29-4-3-23(17-36-29)27-14-24(20-43-31(27)28(15-33)32(34)39-43)25-18-38-42(21-25)26-6-8-35-9-7-26;1-36-14-21(12-34-36)20-7-24(28-25(9-30)29(31)35-39(28)15-20)19-4-5-26(32-11-19)37-16-22-8-23(17-37)38(22)13-18-3-6-27(40-2)33-10-18/h2-5,14,16-18,20-21,26,35H,6-13,19H2,1H3,(H2,34,39);3-7,10-12,14-15,22-23H,8,13,16-17H2,1-2H3,(H2,31,35). The van der Waals surface area contributed by atoms with E-state index in [0.717, 1.165) is 134 Å². The Hall–Kier alpha value is -9.94. The second-order valence-corrected chi connectivity index (χ2v) is 21.8. The zero-order valence-electron chi connectivity index (χ0n) is 47.0. The van der Waals surface area contributed by atoms with E-state index in [-0.39, 0.29) is 11.6 Å². The molecular formula is C61H63N21O2. The number of hydrogen-bond acceptors (Lipinski definition) is 19. The number of hydrogen-bond donors (Lipinski definition) is 3. The van der Waals surface area contributed by atoms with Crippen LogP contribution >= 0.6 is 0 Å². The molecule has 84 heavy (non-hydrogen) atoms. The molecule has 10 aromatic heterocycles. The number of nitriles is 2.